The van der Waals surface area contributed by atoms with Gasteiger partial charge in [-0.1, -0.05) is 0 Å². The molecule has 5 nitrogen and oxygen atoms in total. The number of aryl methyl sites for hydroxylation is 1. The number of aromatic nitrogens is 2. The molecule has 2 aromatic rings. The molecule has 1 atom stereocenters. The van der Waals surface area contributed by atoms with Crippen LogP contribution in [0, 0.1) is 6.92 Å². The van der Waals surface area contributed by atoms with Crippen LogP contribution < -0.4 is 5.73 Å². The van der Waals surface area contributed by atoms with E-state index in [1.807, 2.05) is 17.2 Å². The number of nitrogens with two attached hydrogens (primary N) is 1. The number of hydrogen-bond donors (Lipinski definition) is 2. The quantitative estimate of drug-likeness (QED) is 0.884. The fourth-order valence-corrected chi connectivity index (χ4v) is 3.26. The number of carbonyl (C=O) groups excluding carboxylic acids is 1. The molecule has 0 aliphatic carbocycles. The Morgan fingerprint density at radius 1 is 1.63 bits per heavy atom. The van der Waals surface area contributed by atoms with Crippen molar-refractivity contribution in [2.24, 2.45) is 0 Å². The summed E-state index contributed by atoms with van der Waals surface area (Å²) in [5.74, 6) is -0.0736. The molecule has 100 valence electrons. The van der Waals surface area contributed by atoms with Crippen molar-refractivity contribution in [2.75, 3.05) is 12.3 Å². The lowest BCUT2D eigenvalue weighted by atomic mass is 10.1. The first-order chi connectivity index (χ1) is 9.18. The van der Waals surface area contributed by atoms with E-state index in [9.17, 15) is 4.79 Å². The van der Waals surface area contributed by atoms with Crippen LogP contribution in [-0.4, -0.2) is 27.5 Å². The third-order valence-corrected chi connectivity index (χ3v) is 4.34. The van der Waals surface area contributed by atoms with Gasteiger partial charge in [0.15, 0.2) is 5.69 Å². The minimum atomic E-state index is -0.0736. The lowest BCUT2D eigenvalue weighted by Gasteiger charge is -2.23. The summed E-state index contributed by atoms with van der Waals surface area (Å²) in [7, 11) is 0. The summed E-state index contributed by atoms with van der Waals surface area (Å²) in [6.07, 6.45) is 2.03. The van der Waals surface area contributed by atoms with Crippen LogP contribution in [0.15, 0.2) is 16.8 Å². The Hall–Kier alpha value is -1.82. The minimum absolute atomic E-state index is 0.0736. The Balaban J connectivity index is 1.89. The number of nitrogens with one attached hydrogen (secondary N) is 1. The summed E-state index contributed by atoms with van der Waals surface area (Å²) in [5.41, 5.74) is 8.66. The van der Waals surface area contributed by atoms with E-state index in [-0.39, 0.29) is 11.9 Å². The van der Waals surface area contributed by atoms with Gasteiger partial charge >= 0.3 is 0 Å². The summed E-state index contributed by atoms with van der Waals surface area (Å²) < 4.78 is 0. The molecule has 0 aromatic carbocycles. The van der Waals surface area contributed by atoms with E-state index in [0.717, 1.165) is 25.1 Å². The van der Waals surface area contributed by atoms with E-state index in [1.165, 1.54) is 5.56 Å². The van der Waals surface area contributed by atoms with Gasteiger partial charge in [0.05, 0.1) is 17.4 Å². The maximum Gasteiger partial charge on any atom is 0.277 e. The SMILES string of the molecule is Cc1[nH]nc(C(=O)N2CCCC2c2ccsc2)c1N. The van der Waals surface area contributed by atoms with Crippen molar-refractivity contribution in [3.05, 3.63) is 33.8 Å². The molecule has 6 heteroatoms. The number of carbonyl (C=O) groups is 1. The van der Waals surface area contributed by atoms with E-state index in [4.69, 9.17) is 5.73 Å². The van der Waals surface area contributed by atoms with Crippen molar-refractivity contribution in [1.29, 1.82) is 0 Å². The van der Waals surface area contributed by atoms with E-state index in [2.05, 4.69) is 21.6 Å². The standard InChI is InChI=1S/C13H16N4OS/c1-8-11(14)12(16-15-8)13(18)17-5-2-3-10(17)9-4-6-19-7-9/h4,6-7,10H,2-3,5,14H2,1H3,(H,15,16). The van der Waals surface area contributed by atoms with Gasteiger partial charge in [-0.15, -0.1) is 0 Å². The van der Waals surface area contributed by atoms with Crippen molar-refractivity contribution in [3.63, 3.8) is 0 Å². The highest BCUT2D eigenvalue weighted by Crippen LogP contribution is 2.34. The smallest absolute Gasteiger partial charge is 0.277 e. The van der Waals surface area contributed by atoms with E-state index >= 15 is 0 Å². The third kappa shape index (κ3) is 2.02. The number of likely N-dealkylation sites (tertiary alicyclic amines) is 1. The van der Waals surface area contributed by atoms with Crippen molar-refractivity contribution in [1.82, 2.24) is 15.1 Å². The largest absolute Gasteiger partial charge is 0.395 e. The van der Waals surface area contributed by atoms with Crippen molar-refractivity contribution in [3.8, 4) is 0 Å². The first-order valence-corrected chi connectivity index (χ1v) is 7.26. The summed E-state index contributed by atoms with van der Waals surface area (Å²) in [5, 5.41) is 11.0. The first kappa shape index (κ1) is 12.2. The molecule has 1 saturated heterocycles. The van der Waals surface area contributed by atoms with Crippen LogP contribution >= 0.6 is 11.3 Å². The molecule has 0 saturated carbocycles. The molecule has 19 heavy (non-hydrogen) atoms. The van der Waals surface area contributed by atoms with Gasteiger partial charge in [0.2, 0.25) is 0 Å². The van der Waals surface area contributed by atoms with Gasteiger partial charge in [0.25, 0.3) is 5.91 Å². The maximum absolute atomic E-state index is 12.6. The third-order valence-electron chi connectivity index (χ3n) is 3.64. The normalized spacial score (nSPS) is 19.0. The number of anilines is 1. The highest BCUT2D eigenvalue weighted by Gasteiger charge is 2.32. The molecule has 1 amide bonds. The molecule has 0 radical (unpaired) electrons. The average molecular weight is 276 g/mol. The predicted octanol–water partition coefficient (Wildman–Crippen LogP) is 2.34. The summed E-state index contributed by atoms with van der Waals surface area (Å²) in [4.78, 5) is 14.4. The first-order valence-electron chi connectivity index (χ1n) is 6.32. The molecule has 0 bridgehead atoms. The Kier molecular flexibility index (Phi) is 3.02. The minimum Gasteiger partial charge on any atom is -0.395 e. The van der Waals surface area contributed by atoms with Gasteiger partial charge in [0, 0.05) is 6.54 Å². The Labute approximate surface area is 115 Å². The van der Waals surface area contributed by atoms with Gasteiger partial charge in [-0.2, -0.15) is 16.4 Å². The van der Waals surface area contributed by atoms with Gasteiger partial charge in [-0.25, -0.2) is 0 Å². The van der Waals surface area contributed by atoms with Crippen molar-refractivity contribution < 1.29 is 4.79 Å². The zero-order chi connectivity index (χ0) is 13.4. The molecule has 2 aromatic heterocycles. The lowest BCUT2D eigenvalue weighted by molar-refractivity contribution is 0.0731. The fourth-order valence-electron chi connectivity index (χ4n) is 2.56. The van der Waals surface area contributed by atoms with Gasteiger partial charge < -0.3 is 10.6 Å². The average Bonchev–Trinajstić information content (AvgIpc) is 3.11. The lowest BCUT2D eigenvalue weighted by Crippen LogP contribution is -2.31. The number of aromatic amines is 1. The molecular weight excluding hydrogens is 260 g/mol. The summed E-state index contributed by atoms with van der Waals surface area (Å²) in [6, 6.07) is 2.25. The molecule has 3 rings (SSSR count). The van der Waals surface area contributed by atoms with Crippen LogP contribution in [0.3, 0.4) is 0 Å². The summed E-state index contributed by atoms with van der Waals surface area (Å²) in [6.45, 7) is 2.59. The van der Waals surface area contributed by atoms with Crippen LogP contribution in [0.25, 0.3) is 0 Å². The molecule has 1 aliphatic heterocycles. The monoisotopic (exact) mass is 276 g/mol. The van der Waals surface area contributed by atoms with Crippen LogP contribution in [-0.2, 0) is 0 Å². The van der Waals surface area contributed by atoms with Crippen molar-refractivity contribution >= 4 is 22.9 Å². The van der Waals surface area contributed by atoms with Crippen LogP contribution in [0.2, 0.25) is 0 Å². The van der Waals surface area contributed by atoms with Gasteiger partial charge in [0.1, 0.15) is 0 Å². The molecule has 1 unspecified atom stereocenters. The van der Waals surface area contributed by atoms with E-state index < -0.39 is 0 Å². The Morgan fingerprint density at radius 3 is 3.11 bits per heavy atom. The molecule has 1 fully saturated rings. The van der Waals surface area contributed by atoms with Crippen LogP contribution in [0.4, 0.5) is 5.69 Å². The summed E-state index contributed by atoms with van der Waals surface area (Å²) >= 11 is 1.66. The maximum atomic E-state index is 12.6. The number of nitrogens with zero attached hydrogens (tertiary/aromatic N) is 2. The van der Waals surface area contributed by atoms with E-state index in [1.54, 1.807) is 11.3 Å². The van der Waals surface area contributed by atoms with Gasteiger partial charge in [-0.05, 0) is 42.2 Å². The van der Waals surface area contributed by atoms with Gasteiger partial charge in [-0.3, -0.25) is 9.89 Å². The van der Waals surface area contributed by atoms with E-state index in [0.29, 0.717) is 11.4 Å². The number of rotatable bonds is 2. The number of nitrogen functional groups attached to an aromatic ring is 1. The van der Waals surface area contributed by atoms with Crippen LogP contribution in [0.1, 0.15) is 40.6 Å². The van der Waals surface area contributed by atoms with Crippen molar-refractivity contribution in [2.45, 2.75) is 25.8 Å². The second-order valence-electron chi connectivity index (χ2n) is 4.82. The second-order valence-corrected chi connectivity index (χ2v) is 5.60. The fraction of sp³-hybridized carbons (Fsp3) is 0.385. The highest BCUT2D eigenvalue weighted by atomic mass is 32.1. The molecule has 3 N–H and O–H groups in total. The second kappa shape index (κ2) is 4.70. The number of thiophene rings is 1. The zero-order valence-electron chi connectivity index (χ0n) is 10.7. The topological polar surface area (TPSA) is 75.0 Å². The molecular formula is C13H16N4OS. The molecule has 1 aliphatic rings. The highest BCUT2D eigenvalue weighted by molar-refractivity contribution is 7.07. The number of H-pyrrole nitrogens is 1. The molecule has 3 heterocycles. The number of amides is 1. The van der Waals surface area contributed by atoms with Crippen LogP contribution in [0.5, 0.6) is 0 Å². The Bertz CT molecular complexity index is 590. The number of hydrogen-bond acceptors (Lipinski definition) is 4. The zero-order valence-corrected chi connectivity index (χ0v) is 11.5. The molecule has 0 spiro atoms. The predicted molar refractivity (Wildman–Crippen MR) is 75.1 cm³/mol. The Morgan fingerprint density at radius 2 is 2.47 bits per heavy atom.